The van der Waals surface area contributed by atoms with Crippen LogP contribution in [0.15, 0.2) is 40.6 Å². The van der Waals surface area contributed by atoms with E-state index in [4.69, 9.17) is 5.14 Å². The molecular formula is C12H11IN2O3S2. The summed E-state index contributed by atoms with van der Waals surface area (Å²) in [5.74, 6) is -0.194. The minimum absolute atomic E-state index is 0.0936. The maximum atomic E-state index is 12.0. The number of hydrogen-bond acceptors (Lipinski definition) is 4. The van der Waals surface area contributed by atoms with Crippen LogP contribution in [0.1, 0.15) is 15.2 Å². The van der Waals surface area contributed by atoms with Gasteiger partial charge in [0.1, 0.15) is 4.21 Å². The fourth-order valence-corrected chi connectivity index (χ4v) is 3.86. The molecule has 1 amide bonds. The summed E-state index contributed by atoms with van der Waals surface area (Å²) >= 11 is 3.14. The van der Waals surface area contributed by atoms with Crippen molar-refractivity contribution in [2.45, 2.75) is 10.8 Å². The van der Waals surface area contributed by atoms with E-state index in [1.165, 1.54) is 6.07 Å². The molecule has 2 aromatic rings. The third kappa shape index (κ3) is 3.78. The van der Waals surface area contributed by atoms with Crippen LogP contribution in [0.3, 0.4) is 0 Å². The van der Waals surface area contributed by atoms with Crippen molar-refractivity contribution in [3.8, 4) is 0 Å². The second-order valence-electron chi connectivity index (χ2n) is 3.93. The van der Waals surface area contributed by atoms with Gasteiger partial charge in [0.2, 0.25) is 10.0 Å². The van der Waals surface area contributed by atoms with Crippen LogP contribution in [0, 0.1) is 3.57 Å². The third-order valence-electron chi connectivity index (χ3n) is 2.46. The van der Waals surface area contributed by atoms with Gasteiger partial charge < -0.3 is 5.32 Å². The number of thiophene rings is 1. The molecule has 3 N–H and O–H groups in total. The number of primary sulfonamides is 1. The van der Waals surface area contributed by atoms with Crippen molar-refractivity contribution >= 4 is 49.9 Å². The highest BCUT2D eigenvalue weighted by Crippen LogP contribution is 2.20. The van der Waals surface area contributed by atoms with Crippen LogP contribution in [0.25, 0.3) is 0 Å². The first-order valence-electron chi connectivity index (χ1n) is 5.52. The summed E-state index contributed by atoms with van der Waals surface area (Å²) in [5.41, 5.74) is 0.594. The fourth-order valence-electron chi connectivity index (χ4n) is 1.51. The van der Waals surface area contributed by atoms with Crippen LogP contribution in [-0.2, 0) is 16.6 Å². The highest BCUT2D eigenvalue weighted by molar-refractivity contribution is 14.1. The molecule has 5 nitrogen and oxygen atoms in total. The summed E-state index contributed by atoms with van der Waals surface area (Å²) in [6.45, 7) is 0.268. The number of benzene rings is 1. The molecule has 1 heterocycles. The second kappa shape index (κ2) is 6.20. The highest BCUT2D eigenvalue weighted by Gasteiger charge is 2.13. The summed E-state index contributed by atoms with van der Waals surface area (Å²) in [7, 11) is -3.67. The predicted octanol–water partition coefficient (Wildman–Crippen LogP) is 1.93. The number of sulfonamides is 1. The van der Waals surface area contributed by atoms with E-state index in [2.05, 4.69) is 27.9 Å². The van der Waals surface area contributed by atoms with Crippen molar-refractivity contribution in [1.29, 1.82) is 0 Å². The van der Waals surface area contributed by atoms with E-state index in [-0.39, 0.29) is 16.7 Å². The van der Waals surface area contributed by atoms with Crippen molar-refractivity contribution in [3.05, 3.63) is 50.4 Å². The number of nitrogens with two attached hydrogens (primary N) is 1. The number of nitrogens with one attached hydrogen (secondary N) is 1. The number of carbonyl (C=O) groups is 1. The lowest BCUT2D eigenvalue weighted by molar-refractivity contribution is 0.0950. The molecule has 0 unspecified atom stereocenters. The summed E-state index contributed by atoms with van der Waals surface area (Å²) in [6.07, 6.45) is 0. The Bertz CT molecular complexity index is 741. The minimum Gasteiger partial charge on any atom is -0.347 e. The predicted molar refractivity (Wildman–Crippen MR) is 86.0 cm³/mol. The van der Waals surface area contributed by atoms with Gasteiger partial charge >= 0.3 is 0 Å². The topological polar surface area (TPSA) is 89.3 Å². The summed E-state index contributed by atoms with van der Waals surface area (Å²) in [5, 5.41) is 7.78. The molecule has 0 atom stereocenters. The summed E-state index contributed by atoms with van der Waals surface area (Å²) < 4.78 is 23.3. The molecule has 0 radical (unpaired) electrons. The number of rotatable bonds is 4. The highest BCUT2D eigenvalue weighted by atomic mass is 127. The Hall–Kier alpha value is -0.970. The van der Waals surface area contributed by atoms with Crippen LogP contribution in [0.5, 0.6) is 0 Å². The molecule has 0 fully saturated rings. The Morgan fingerprint density at radius 3 is 2.55 bits per heavy atom. The molecule has 0 aliphatic carbocycles. The van der Waals surface area contributed by atoms with Crippen molar-refractivity contribution in [1.82, 2.24) is 5.32 Å². The Morgan fingerprint density at radius 2 is 1.95 bits per heavy atom. The lowest BCUT2D eigenvalue weighted by atomic mass is 10.2. The Labute approximate surface area is 134 Å². The normalized spacial score (nSPS) is 11.3. The largest absolute Gasteiger partial charge is 0.347 e. The lowest BCUT2D eigenvalue weighted by Crippen LogP contribution is -2.23. The molecule has 20 heavy (non-hydrogen) atoms. The molecule has 2 rings (SSSR count). The maximum absolute atomic E-state index is 12.0. The Balaban J connectivity index is 2.04. The molecule has 106 valence electrons. The number of amides is 1. The van der Waals surface area contributed by atoms with Crippen LogP contribution in [-0.4, -0.2) is 14.3 Å². The average molecular weight is 422 g/mol. The number of carbonyl (C=O) groups excluding carboxylic acids is 1. The molecule has 0 saturated carbocycles. The van der Waals surface area contributed by atoms with Crippen molar-refractivity contribution in [3.63, 3.8) is 0 Å². The Kier molecular flexibility index (Phi) is 4.78. The zero-order valence-corrected chi connectivity index (χ0v) is 14.0. The van der Waals surface area contributed by atoms with Crippen LogP contribution >= 0.6 is 33.9 Å². The zero-order chi connectivity index (χ0) is 14.8. The fraction of sp³-hybridized carbons (Fsp3) is 0.0833. The smallest absolute Gasteiger partial charge is 0.252 e. The quantitative estimate of drug-likeness (QED) is 0.739. The van der Waals surface area contributed by atoms with Gasteiger partial charge in [-0.15, -0.1) is 11.3 Å². The number of halogens is 1. The van der Waals surface area contributed by atoms with E-state index >= 15 is 0 Å². The zero-order valence-electron chi connectivity index (χ0n) is 10.2. The van der Waals surface area contributed by atoms with Gasteiger partial charge in [-0.05, 0) is 46.9 Å². The van der Waals surface area contributed by atoms with Gasteiger partial charge in [-0.25, -0.2) is 13.6 Å². The van der Waals surface area contributed by atoms with Crippen LogP contribution in [0.4, 0.5) is 0 Å². The van der Waals surface area contributed by atoms with Gasteiger partial charge in [-0.3, -0.25) is 4.79 Å². The summed E-state index contributed by atoms with van der Waals surface area (Å²) in [6, 6.07) is 10.3. The van der Waals surface area contributed by atoms with Crippen molar-refractivity contribution in [2.75, 3.05) is 0 Å². The first kappa shape index (κ1) is 15.4. The van der Waals surface area contributed by atoms with E-state index in [0.29, 0.717) is 5.56 Å². The average Bonchev–Trinajstić information content (AvgIpc) is 2.85. The van der Waals surface area contributed by atoms with E-state index in [1.807, 2.05) is 12.1 Å². The number of hydrogen-bond donors (Lipinski definition) is 2. The van der Waals surface area contributed by atoms with Gasteiger partial charge in [0, 0.05) is 8.45 Å². The molecule has 1 aromatic carbocycles. The second-order valence-corrected chi connectivity index (χ2v) is 8.05. The van der Waals surface area contributed by atoms with E-state index in [9.17, 15) is 13.2 Å². The molecule has 8 heteroatoms. The van der Waals surface area contributed by atoms with E-state index in [0.717, 1.165) is 19.8 Å². The lowest BCUT2D eigenvalue weighted by Gasteiger charge is -2.05. The Morgan fingerprint density at radius 1 is 1.25 bits per heavy atom. The standard InChI is InChI=1S/C12H11IN2O3S2/c13-10-4-2-1-3-9(10)12(16)15-7-8-5-6-11(19-8)20(14,17)18/h1-6H,7H2,(H,15,16)(H2,14,17,18). The monoisotopic (exact) mass is 422 g/mol. The molecule has 0 bridgehead atoms. The first-order chi connectivity index (χ1) is 9.38. The van der Waals surface area contributed by atoms with Crippen LogP contribution in [0.2, 0.25) is 0 Å². The molecule has 0 spiro atoms. The molecular weight excluding hydrogens is 411 g/mol. The van der Waals surface area contributed by atoms with Gasteiger partial charge in [0.05, 0.1) is 12.1 Å². The van der Waals surface area contributed by atoms with Crippen LogP contribution < -0.4 is 10.5 Å². The first-order valence-corrected chi connectivity index (χ1v) is 8.96. The van der Waals surface area contributed by atoms with E-state index < -0.39 is 10.0 Å². The minimum atomic E-state index is -3.67. The SMILES string of the molecule is NS(=O)(=O)c1ccc(CNC(=O)c2ccccc2I)s1. The van der Waals surface area contributed by atoms with Crippen molar-refractivity contribution < 1.29 is 13.2 Å². The maximum Gasteiger partial charge on any atom is 0.252 e. The van der Waals surface area contributed by atoms with Gasteiger partial charge in [0.15, 0.2) is 0 Å². The van der Waals surface area contributed by atoms with E-state index in [1.54, 1.807) is 18.2 Å². The summed E-state index contributed by atoms with van der Waals surface area (Å²) in [4.78, 5) is 12.7. The van der Waals surface area contributed by atoms with Gasteiger partial charge in [-0.2, -0.15) is 0 Å². The molecule has 0 saturated heterocycles. The third-order valence-corrected chi connectivity index (χ3v) is 5.92. The molecule has 0 aliphatic rings. The molecule has 0 aliphatic heterocycles. The van der Waals surface area contributed by atoms with Gasteiger partial charge in [-0.1, -0.05) is 12.1 Å². The van der Waals surface area contributed by atoms with Crippen molar-refractivity contribution in [2.24, 2.45) is 5.14 Å². The molecule has 1 aromatic heterocycles. The van der Waals surface area contributed by atoms with Gasteiger partial charge in [0.25, 0.3) is 5.91 Å².